The van der Waals surface area contributed by atoms with E-state index in [1.165, 1.54) is 18.2 Å². The maximum absolute atomic E-state index is 13.8. The standard InChI is InChI=1S/C13H18FNO2/c1-4-15(8-9(2)3)12-10(13(16)17)6-5-7-11(12)14/h5-7,9H,4,8H2,1-3H3,(H,16,17). The summed E-state index contributed by atoms with van der Waals surface area (Å²) in [5.74, 6) is -1.23. The molecule has 0 bridgehead atoms. The van der Waals surface area contributed by atoms with Gasteiger partial charge in [0.15, 0.2) is 0 Å². The molecule has 0 atom stereocenters. The van der Waals surface area contributed by atoms with Crippen LogP contribution in [-0.2, 0) is 0 Å². The molecule has 0 aromatic heterocycles. The number of rotatable bonds is 5. The summed E-state index contributed by atoms with van der Waals surface area (Å²) in [5, 5.41) is 9.08. The second kappa shape index (κ2) is 5.66. The number of anilines is 1. The van der Waals surface area contributed by atoms with Crippen LogP contribution in [0.2, 0.25) is 0 Å². The lowest BCUT2D eigenvalue weighted by Gasteiger charge is -2.26. The van der Waals surface area contributed by atoms with Gasteiger partial charge in [0.25, 0.3) is 0 Å². The molecule has 0 saturated carbocycles. The van der Waals surface area contributed by atoms with Crippen LogP contribution in [0.4, 0.5) is 10.1 Å². The van der Waals surface area contributed by atoms with Crippen LogP contribution in [0.3, 0.4) is 0 Å². The number of para-hydroxylation sites is 1. The number of aromatic carboxylic acids is 1. The molecule has 4 heteroatoms. The number of halogens is 1. The van der Waals surface area contributed by atoms with E-state index in [4.69, 9.17) is 5.11 Å². The number of carboxylic acid groups (broad SMARTS) is 1. The first kappa shape index (κ1) is 13.5. The highest BCUT2D eigenvalue weighted by Gasteiger charge is 2.19. The van der Waals surface area contributed by atoms with Gasteiger partial charge in [0, 0.05) is 13.1 Å². The number of carbonyl (C=O) groups is 1. The van der Waals surface area contributed by atoms with E-state index in [1.54, 1.807) is 4.90 Å². The Labute approximate surface area is 101 Å². The van der Waals surface area contributed by atoms with Gasteiger partial charge in [0.05, 0.1) is 11.3 Å². The van der Waals surface area contributed by atoms with Crippen molar-refractivity contribution in [3.8, 4) is 0 Å². The fourth-order valence-electron chi connectivity index (χ4n) is 1.83. The molecular formula is C13H18FNO2. The quantitative estimate of drug-likeness (QED) is 0.858. The van der Waals surface area contributed by atoms with Crippen LogP contribution in [0.5, 0.6) is 0 Å². The molecule has 0 aliphatic carbocycles. The van der Waals surface area contributed by atoms with Crippen LogP contribution in [0.15, 0.2) is 18.2 Å². The molecule has 1 N–H and O–H groups in total. The Bertz CT molecular complexity index is 404. The molecule has 0 radical (unpaired) electrons. The first-order valence-electron chi connectivity index (χ1n) is 5.74. The Morgan fingerprint density at radius 1 is 1.47 bits per heavy atom. The number of hydrogen-bond acceptors (Lipinski definition) is 2. The summed E-state index contributed by atoms with van der Waals surface area (Å²) in [7, 11) is 0. The molecule has 0 spiro atoms. The van der Waals surface area contributed by atoms with E-state index in [9.17, 15) is 9.18 Å². The maximum Gasteiger partial charge on any atom is 0.337 e. The zero-order valence-electron chi connectivity index (χ0n) is 10.4. The summed E-state index contributed by atoms with van der Waals surface area (Å²) in [6.07, 6.45) is 0. The van der Waals surface area contributed by atoms with Gasteiger partial charge in [0.1, 0.15) is 5.82 Å². The van der Waals surface area contributed by atoms with E-state index in [-0.39, 0.29) is 11.3 Å². The number of benzene rings is 1. The maximum atomic E-state index is 13.8. The molecule has 94 valence electrons. The lowest BCUT2D eigenvalue weighted by Crippen LogP contribution is -2.29. The Hall–Kier alpha value is -1.58. The van der Waals surface area contributed by atoms with Crippen molar-refractivity contribution in [2.75, 3.05) is 18.0 Å². The molecule has 0 unspecified atom stereocenters. The molecule has 0 amide bonds. The lowest BCUT2D eigenvalue weighted by molar-refractivity contribution is 0.0697. The molecule has 3 nitrogen and oxygen atoms in total. The molecule has 1 rings (SSSR count). The predicted molar refractivity (Wildman–Crippen MR) is 66.1 cm³/mol. The Morgan fingerprint density at radius 2 is 2.12 bits per heavy atom. The van der Waals surface area contributed by atoms with Gasteiger partial charge in [0.2, 0.25) is 0 Å². The van der Waals surface area contributed by atoms with Gasteiger partial charge in [-0.2, -0.15) is 0 Å². The second-order valence-electron chi connectivity index (χ2n) is 4.37. The first-order chi connectivity index (χ1) is 7.97. The van der Waals surface area contributed by atoms with Crippen molar-refractivity contribution in [1.29, 1.82) is 0 Å². The predicted octanol–water partition coefficient (Wildman–Crippen LogP) is 3.01. The van der Waals surface area contributed by atoms with Gasteiger partial charge in [-0.15, -0.1) is 0 Å². The van der Waals surface area contributed by atoms with Crippen LogP contribution < -0.4 is 4.90 Å². The van der Waals surface area contributed by atoms with Gasteiger partial charge in [-0.05, 0) is 25.0 Å². The molecule has 1 aromatic rings. The second-order valence-corrected chi connectivity index (χ2v) is 4.37. The van der Waals surface area contributed by atoms with E-state index in [0.29, 0.717) is 19.0 Å². The summed E-state index contributed by atoms with van der Waals surface area (Å²) in [6.45, 7) is 7.14. The number of carboxylic acids is 1. The molecule has 0 aliphatic rings. The van der Waals surface area contributed by atoms with Gasteiger partial charge < -0.3 is 10.0 Å². The van der Waals surface area contributed by atoms with E-state index < -0.39 is 11.8 Å². The lowest BCUT2D eigenvalue weighted by atomic mass is 10.1. The normalized spacial score (nSPS) is 10.6. The highest BCUT2D eigenvalue weighted by molar-refractivity contribution is 5.94. The monoisotopic (exact) mass is 239 g/mol. The summed E-state index contributed by atoms with van der Waals surface area (Å²) < 4.78 is 13.8. The van der Waals surface area contributed by atoms with Crippen LogP contribution in [-0.4, -0.2) is 24.2 Å². The number of hydrogen-bond donors (Lipinski definition) is 1. The Balaban J connectivity index is 3.21. The van der Waals surface area contributed by atoms with Gasteiger partial charge >= 0.3 is 5.97 Å². The zero-order valence-corrected chi connectivity index (χ0v) is 10.4. The third-order valence-corrected chi connectivity index (χ3v) is 2.50. The van der Waals surface area contributed by atoms with Gasteiger partial charge in [-0.1, -0.05) is 19.9 Å². The van der Waals surface area contributed by atoms with Crippen molar-refractivity contribution in [1.82, 2.24) is 0 Å². The summed E-state index contributed by atoms with van der Waals surface area (Å²) >= 11 is 0. The molecule has 17 heavy (non-hydrogen) atoms. The minimum atomic E-state index is -1.10. The highest BCUT2D eigenvalue weighted by atomic mass is 19.1. The largest absolute Gasteiger partial charge is 0.478 e. The SMILES string of the molecule is CCN(CC(C)C)c1c(F)cccc1C(=O)O. The van der Waals surface area contributed by atoms with E-state index in [1.807, 2.05) is 20.8 Å². The van der Waals surface area contributed by atoms with Gasteiger partial charge in [-0.3, -0.25) is 0 Å². The average Bonchev–Trinajstić information content (AvgIpc) is 2.25. The van der Waals surface area contributed by atoms with Crippen LogP contribution in [0, 0.1) is 11.7 Å². The molecule has 0 aliphatic heterocycles. The molecule has 0 fully saturated rings. The molecule has 0 heterocycles. The smallest absolute Gasteiger partial charge is 0.337 e. The Kier molecular flexibility index (Phi) is 4.49. The molecule has 1 aromatic carbocycles. The van der Waals surface area contributed by atoms with Crippen LogP contribution in [0.1, 0.15) is 31.1 Å². The molecule has 0 saturated heterocycles. The first-order valence-corrected chi connectivity index (χ1v) is 5.74. The third-order valence-electron chi connectivity index (χ3n) is 2.50. The Morgan fingerprint density at radius 3 is 2.59 bits per heavy atom. The topological polar surface area (TPSA) is 40.5 Å². The summed E-state index contributed by atoms with van der Waals surface area (Å²) in [5.41, 5.74) is 0.212. The van der Waals surface area contributed by atoms with Crippen molar-refractivity contribution in [3.63, 3.8) is 0 Å². The summed E-state index contributed by atoms with van der Waals surface area (Å²) in [6, 6.07) is 4.15. The third kappa shape index (κ3) is 3.19. The van der Waals surface area contributed by atoms with E-state index >= 15 is 0 Å². The van der Waals surface area contributed by atoms with Crippen LogP contribution in [0.25, 0.3) is 0 Å². The highest BCUT2D eigenvalue weighted by Crippen LogP contribution is 2.25. The van der Waals surface area contributed by atoms with Crippen molar-refractivity contribution in [2.24, 2.45) is 5.92 Å². The minimum absolute atomic E-state index is 0.0208. The fraction of sp³-hybridized carbons (Fsp3) is 0.462. The number of nitrogens with zero attached hydrogens (tertiary/aromatic N) is 1. The van der Waals surface area contributed by atoms with Crippen molar-refractivity contribution in [3.05, 3.63) is 29.6 Å². The average molecular weight is 239 g/mol. The van der Waals surface area contributed by atoms with Gasteiger partial charge in [-0.25, -0.2) is 9.18 Å². The van der Waals surface area contributed by atoms with Crippen molar-refractivity contribution in [2.45, 2.75) is 20.8 Å². The zero-order chi connectivity index (χ0) is 13.0. The van der Waals surface area contributed by atoms with Crippen molar-refractivity contribution < 1.29 is 14.3 Å². The fourth-order valence-corrected chi connectivity index (χ4v) is 1.83. The van der Waals surface area contributed by atoms with E-state index in [0.717, 1.165) is 0 Å². The summed E-state index contributed by atoms with van der Waals surface area (Å²) in [4.78, 5) is 12.9. The van der Waals surface area contributed by atoms with Crippen molar-refractivity contribution >= 4 is 11.7 Å². The van der Waals surface area contributed by atoms with Crippen LogP contribution >= 0.6 is 0 Å². The molecular weight excluding hydrogens is 221 g/mol. The minimum Gasteiger partial charge on any atom is -0.478 e. The van der Waals surface area contributed by atoms with E-state index in [2.05, 4.69) is 0 Å².